The average Bonchev–Trinajstić information content (AvgIpc) is 2.57. The molecule has 0 aliphatic heterocycles. The van der Waals surface area contributed by atoms with Crippen molar-refractivity contribution < 1.29 is 4.39 Å². The van der Waals surface area contributed by atoms with Crippen LogP contribution in [0.4, 0.5) is 27.5 Å². The summed E-state index contributed by atoms with van der Waals surface area (Å²) >= 11 is 0. The lowest BCUT2D eigenvalue weighted by Crippen LogP contribution is -2.05. The zero-order valence-corrected chi connectivity index (χ0v) is 14.5. The summed E-state index contributed by atoms with van der Waals surface area (Å²) in [6.45, 7) is 6.17. The minimum Gasteiger partial charge on any atom is -0.338 e. The van der Waals surface area contributed by atoms with Gasteiger partial charge in [0.2, 0.25) is 5.95 Å². The molecule has 0 bridgehead atoms. The molecule has 25 heavy (non-hydrogen) atoms. The van der Waals surface area contributed by atoms with Crippen LogP contribution < -0.4 is 10.6 Å². The van der Waals surface area contributed by atoms with Crippen molar-refractivity contribution in [3.8, 4) is 0 Å². The zero-order valence-electron chi connectivity index (χ0n) is 14.5. The molecule has 0 saturated carbocycles. The van der Waals surface area contributed by atoms with E-state index in [1.54, 1.807) is 24.3 Å². The second-order valence-electron chi connectivity index (χ2n) is 6.19. The van der Waals surface area contributed by atoms with Gasteiger partial charge in [0.05, 0.1) is 5.69 Å². The number of nitrogens with one attached hydrogen (secondary N) is 2. The summed E-state index contributed by atoms with van der Waals surface area (Å²) in [6.07, 6.45) is 0. The standard InChI is InChI=1S/C20H21FN4/c1-13(2)15-8-4-6-10-17(15)24-20-22-14(3)12-19(25-20)23-18-11-7-5-9-16(18)21/h4-13H,1-3H3,(H2,22,23,24,25). The normalized spacial score (nSPS) is 10.8. The van der Waals surface area contributed by atoms with Gasteiger partial charge in [0.25, 0.3) is 0 Å². The molecule has 0 spiro atoms. The van der Waals surface area contributed by atoms with Crippen LogP contribution >= 0.6 is 0 Å². The molecule has 0 aliphatic carbocycles. The molecule has 2 aromatic carbocycles. The number of benzene rings is 2. The Hall–Kier alpha value is -2.95. The maximum atomic E-state index is 13.8. The molecule has 0 atom stereocenters. The highest BCUT2D eigenvalue weighted by Crippen LogP contribution is 2.26. The molecule has 128 valence electrons. The Kier molecular flexibility index (Phi) is 4.93. The maximum absolute atomic E-state index is 13.8. The van der Waals surface area contributed by atoms with E-state index in [0.717, 1.165) is 11.4 Å². The lowest BCUT2D eigenvalue weighted by molar-refractivity contribution is 0.632. The van der Waals surface area contributed by atoms with Gasteiger partial charge in [0.1, 0.15) is 11.6 Å². The van der Waals surface area contributed by atoms with E-state index in [2.05, 4.69) is 40.5 Å². The van der Waals surface area contributed by atoms with E-state index in [-0.39, 0.29) is 5.82 Å². The average molecular weight is 336 g/mol. The van der Waals surface area contributed by atoms with Gasteiger partial charge in [-0.05, 0) is 36.6 Å². The Morgan fingerprint density at radius 1 is 0.880 bits per heavy atom. The van der Waals surface area contributed by atoms with Crippen LogP contribution in [0.3, 0.4) is 0 Å². The summed E-state index contributed by atoms with van der Waals surface area (Å²) in [7, 11) is 0. The summed E-state index contributed by atoms with van der Waals surface area (Å²) in [5.41, 5.74) is 3.34. The number of aryl methyl sites for hydroxylation is 1. The number of nitrogens with zero attached hydrogens (tertiary/aromatic N) is 2. The van der Waals surface area contributed by atoms with E-state index < -0.39 is 0 Å². The maximum Gasteiger partial charge on any atom is 0.229 e. The van der Waals surface area contributed by atoms with Crippen molar-refractivity contribution in [2.45, 2.75) is 26.7 Å². The van der Waals surface area contributed by atoms with Gasteiger partial charge in [-0.15, -0.1) is 0 Å². The Morgan fingerprint density at radius 3 is 2.28 bits per heavy atom. The molecule has 3 rings (SSSR count). The van der Waals surface area contributed by atoms with Gasteiger partial charge >= 0.3 is 0 Å². The van der Waals surface area contributed by atoms with Crippen LogP contribution in [0.15, 0.2) is 54.6 Å². The summed E-state index contributed by atoms with van der Waals surface area (Å²) < 4.78 is 13.8. The fraction of sp³-hybridized carbons (Fsp3) is 0.200. The Bertz CT molecular complexity index is 877. The van der Waals surface area contributed by atoms with Crippen molar-refractivity contribution in [2.24, 2.45) is 0 Å². The Balaban J connectivity index is 1.89. The van der Waals surface area contributed by atoms with Gasteiger partial charge in [-0.3, -0.25) is 0 Å². The highest BCUT2D eigenvalue weighted by Gasteiger charge is 2.09. The Morgan fingerprint density at radius 2 is 1.56 bits per heavy atom. The van der Waals surface area contributed by atoms with Crippen LogP contribution in [0.2, 0.25) is 0 Å². The molecule has 1 heterocycles. The second-order valence-corrected chi connectivity index (χ2v) is 6.19. The lowest BCUT2D eigenvalue weighted by atomic mass is 10.0. The number of para-hydroxylation sites is 2. The largest absolute Gasteiger partial charge is 0.338 e. The van der Waals surface area contributed by atoms with Crippen LogP contribution in [0.25, 0.3) is 0 Å². The molecular formula is C20H21FN4. The fourth-order valence-electron chi connectivity index (χ4n) is 2.62. The number of halogens is 1. The molecule has 0 radical (unpaired) electrons. The van der Waals surface area contributed by atoms with Crippen molar-refractivity contribution in [3.63, 3.8) is 0 Å². The predicted molar refractivity (Wildman–Crippen MR) is 100 cm³/mol. The van der Waals surface area contributed by atoms with E-state index in [0.29, 0.717) is 23.4 Å². The van der Waals surface area contributed by atoms with Gasteiger partial charge in [-0.1, -0.05) is 44.2 Å². The summed E-state index contributed by atoms with van der Waals surface area (Å²) in [6, 6.07) is 16.4. The molecule has 0 saturated heterocycles. The van der Waals surface area contributed by atoms with Crippen LogP contribution in [0, 0.1) is 12.7 Å². The molecule has 5 heteroatoms. The van der Waals surface area contributed by atoms with Crippen LogP contribution in [0.5, 0.6) is 0 Å². The van der Waals surface area contributed by atoms with E-state index in [1.807, 2.05) is 25.1 Å². The summed E-state index contributed by atoms with van der Waals surface area (Å²) in [5.74, 6) is 1.08. The Labute approximate surface area is 147 Å². The molecule has 3 aromatic rings. The first kappa shape index (κ1) is 16.9. The number of anilines is 4. The summed E-state index contributed by atoms with van der Waals surface area (Å²) in [4.78, 5) is 8.90. The topological polar surface area (TPSA) is 49.8 Å². The third kappa shape index (κ3) is 4.12. The van der Waals surface area contributed by atoms with Crippen molar-refractivity contribution in [2.75, 3.05) is 10.6 Å². The first-order valence-corrected chi connectivity index (χ1v) is 8.26. The quantitative estimate of drug-likeness (QED) is 0.643. The smallest absolute Gasteiger partial charge is 0.229 e. The van der Waals surface area contributed by atoms with Gasteiger partial charge in [0, 0.05) is 17.4 Å². The molecule has 0 amide bonds. The molecular weight excluding hydrogens is 315 g/mol. The highest BCUT2D eigenvalue weighted by molar-refractivity contribution is 5.62. The second kappa shape index (κ2) is 7.30. The zero-order chi connectivity index (χ0) is 17.8. The van der Waals surface area contributed by atoms with E-state index in [4.69, 9.17) is 0 Å². The van der Waals surface area contributed by atoms with Gasteiger partial charge < -0.3 is 10.6 Å². The molecule has 2 N–H and O–H groups in total. The SMILES string of the molecule is Cc1cc(Nc2ccccc2F)nc(Nc2ccccc2C(C)C)n1. The van der Waals surface area contributed by atoms with Crippen molar-refractivity contribution in [1.82, 2.24) is 9.97 Å². The minimum atomic E-state index is -0.321. The molecule has 0 fully saturated rings. The molecule has 4 nitrogen and oxygen atoms in total. The third-order valence-electron chi connectivity index (χ3n) is 3.82. The summed E-state index contributed by atoms with van der Waals surface area (Å²) in [5, 5.41) is 6.29. The van der Waals surface area contributed by atoms with E-state index >= 15 is 0 Å². The van der Waals surface area contributed by atoms with E-state index in [1.165, 1.54) is 11.6 Å². The molecule has 0 unspecified atom stereocenters. The predicted octanol–water partition coefficient (Wildman–Crippen LogP) is 5.53. The van der Waals surface area contributed by atoms with Gasteiger partial charge in [-0.25, -0.2) is 9.37 Å². The third-order valence-corrected chi connectivity index (χ3v) is 3.82. The lowest BCUT2D eigenvalue weighted by Gasteiger charge is -2.15. The number of hydrogen-bond donors (Lipinski definition) is 2. The molecule has 1 aromatic heterocycles. The van der Waals surface area contributed by atoms with Crippen LogP contribution in [-0.4, -0.2) is 9.97 Å². The highest BCUT2D eigenvalue weighted by atomic mass is 19.1. The van der Waals surface area contributed by atoms with Gasteiger partial charge in [0.15, 0.2) is 0 Å². The fourth-order valence-corrected chi connectivity index (χ4v) is 2.62. The van der Waals surface area contributed by atoms with Crippen LogP contribution in [0.1, 0.15) is 31.0 Å². The van der Waals surface area contributed by atoms with Crippen molar-refractivity contribution >= 4 is 23.1 Å². The van der Waals surface area contributed by atoms with Gasteiger partial charge in [-0.2, -0.15) is 4.98 Å². The van der Waals surface area contributed by atoms with Crippen molar-refractivity contribution in [1.29, 1.82) is 0 Å². The number of aromatic nitrogens is 2. The minimum absolute atomic E-state index is 0.321. The number of hydrogen-bond acceptors (Lipinski definition) is 4. The van der Waals surface area contributed by atoms with Crippen LogP contribution in [-0.2, 0) is 0 Å². The first-order valence-electron chi connectivity index (χ1n) is 8.26. The monoisotopic (exact) mass is 336 g/mol. The van der Waals surface area contributed by atoms with Crippen molar-refractivity contribution in [3.05, 3.63) is 71.7 Å². The molecule has 0 aliphatic rings. The first-order chi connectivity index (χ1) is 12.0. The number of rotatable bonds is 5. The van der Waals surface area contributed by atoms with E-state index in [9.17, 15) is 4.39 Å².